The SMILES string of the molecule is CN=C(NCCCCCC(=O)OC)NCC(C)Oc1ccccc1C.I. The van der Waals surface area contributed by atoms with E-state index in [4.69, 9.17) is 4.74 Å². The van der Waals surface area contributed by atoms with Gasteiger partial charge < -0.3 is 20.1 Å². The maximum absolute atomic E-state index is 11.0. The lowest BCUT2D eigenvalue weighted by Gasteiger charge is -2.18. The minimum absolute atomic E-state index is 0. The van der Waals surface area contributed by atoms with Crippen LogP contribution in [0, 0.1) is 6.92 Å². The van der Waals surface area contributed by atoms with Crippen molar-refractivity contribution in [1.29, 1.82) is 0 Å². The lowest BCUT2D eigenvalue weighted by molar-refractivity contribution is -0.140. The van der Waals surface area contributed by atoms with Crippen LogP contribution in [-0.2, 0) is 9.53 Å². The number of rotatable bonds is 10. The molecule has 1 rings (SSSR count). The molecular weight excluding hydrogens is 445 g/mol. The van der Waals surface area contributed by atoms with Gasteiger partial charge in [-0.1, -0.05) is 24.6 Å². The molecule has 0 radical (unpaired) electrons. The van der Waals surface area contributed by atoms with Crippen molar-refractivity contribution in [2.75, 3.05) is 27.2 Å². The van der Waals surface area contributed by atoms with Gasteiger partial charge in [-0.05, 0) is 38.3 Å². The second-order valence-corrected chi connectivity index (χ2v) is 5.96. The van der Waals surface area contributed by atoms with Gasteiger partial charge in [-0.3, -0.25) is 9.79 Å². The first-order valence-electron chi connectivity index (χ1n) is 8.80. The molecule has 6 nitrogen and oxygen atoms in total. The van der Waals surface area contributed by atoms with E-state index in [1.165, 1.54) is 7.11 Å². The van der Waals surface area contributed by atoms with Crippen molar-refractivity contribution in [3.8, 4) is 5.75 Å². The first-order valence-corrected chi connectivity index (χ1v) is 8.80. The Morgan fingerprint density at radius 2 is 1.92 bits per heavy atom. The van der Waals surface area contributed by atoms with Crippen LogP contribution in [0.4, 0.5) is 0 Å². The summed E-state index contributed by atoms with van der Waals surface area (Å²) in [6.45, 7) is 5.54. The van der Waals surface area contributed by atoms with Crippen molar-refractivity contribution >= 4 is 35.9 Å². The molecule has 1 unspecified atom stereocenters. The van der Waals surface area contributed by atoms with Crippen molar-refractivity contribution in [2.45, 2.75) is 45.6 Å². The second kappa shape index (κ2) is 14.6. The fourth-order valence-corrected chi connectivity index (χ4v) is 2.29. The number of nitrogens with one attached hydrogen (secondary N) is 2. The van der Waals surface area contributed by atoms with E-state index in [2.05, 4.69) is 20.4 Å². The highest BCUT2D eigenvalue weighted by Crippen LogP contribution is 2.17. The average Bonchev–Trinajstić information content (AvgIpc) is 2.62. The topological polar surface area (TPSA) is 72.0 Å². The Kier molecular flexibility index (Phi) is 13.8. The number of halogens is 1. The van der Waals surface area contributed by atoms with Gasteiger partial charge in [0, 0.05) is 20.0 Å². The molecule has 0 aliphatic heterocycles. The zero-order valence-electron chi connectivity index (χ0n) is 16.2. The number of ether oxygens (including phenoxy) is 2. The van der Waals surface area contributed by atoms with E-state index in [-0.39, 0.29) is 36.0 Å². The molecule has 0 heterocycles. The third kappa shape index (κ3) is 10.5. The van der Waals surface area contributed by atoms with Crippen molar-refractivity contribution < 1.29 is 14.3 Å². The number of aliphatic imine (C=N–C) groups is 1. The Bertz CT molecular complexity index is 553. The maximum atomic E-state index is 11.0. The molecule has 1 aromatic rings. The van der Waals surface area contributed by atoms with Gasteiger partial charge in [-0.2, -0.15) is 0 Å². The van der Waals surface area contributed by atoms with Crippen LogP contribution in [-0.4, -0.2) is 45.3 Å². The summed E-state index contributed by atoms with van der Waals surface area (Å²) in [7, 11) is 3.17. The number of para-hydroxylation sites is 1. The monoisotopic (exact) mass is 477 g/mol. The van der Waals surface area contributed by atoms with Crippen LogP contribution >= 0.6 is 24.0 Å². The molecule has 0 saturated carbocycles. The van der Waals surface area contributed by atoms with Gasteiger partial charge in [0.1, 0.15) is 11.9 Å². The highest BCUT2D eigenvalue weighted by Gasteiger charge is 2.07. The zero-order chi connectivity index (χ0) is 18.5. The number of carbonyl (C=O) groups excluding carboxylic acids is 1. The lowest BCUT2D eigenvalue weighted by Crippen LogP contribution is -2.42. The number of nitrogens with zero attached hydrogens (tertiary/aromatic N) is 1. The number of esters is 1. The predicted octanol–water partition coefficient (Wildman–Crippen LogP) is 3.28. The summed E-state index contributed by atoms with van der Waals surface area (Å²) in [5, 5.41) is 6.54. The summed E-state index contributed by atoms with van der Waals surface area (Å²) in [5.41, 5.74) is 1.13. The average molecular weight is 477 g/mol. The normalized spacial score (nSPS) is 11.9. The van der Waals surface area contributed by atoms with Crippen LogP contribution in [0.25, 0.3) is 0 Å². The van der Waals surface area contributed by atoms with E-state index in [0.29, 0.717) is 13.0 Å². The van der Waals surface area contributed by atoms with E-state index >= 15 is 0 Å². The predicted molar refractivity (Wildman–Crippen MR) is 117 cm³/mol. The van der Waals surface area contributed by atoms with E-state index in [1.54, 1.807) is 7.05 Å². The number of aryl methyl sites for hydroxylation is 1. The summed E-state index contributed by atoms with van der Waals surface area (Å²) < 4.78 is 10.6. The number of hydrogen-bond acceptors (Lipinski definition) is 4. The minimum atomic E-state index is -0.145. The molecule has 0 aromatic heterocycles. The molecule has 1 aromatic carbocycles. The Balaban J connectivity index is 0.00000625. The Morgan fingerprint density at radius 3 is 2.58 bits per heavy atom. The van der Waals surface area contributed by atoms with Gasteiger partial charge in [-0.15, -0.1) is 24.0 Å². The van der Waals surface area contributed by atoms with E-state index in [0.717, 1.165) is 43.1 Å². The third-order valence-electron chi connectivity index (χ3n) is 3.78. The van der Waals surface area contributed by atoms with Crippen LogP contribution in [0.5, 0.6) is 5.75 Å². The standard InChI is InChI=1S/C19H31N3O3.HI/c1-15-10-7-8-11-17(15)25-16(2)14-22-19(20-3)21-13-9-5-6-12-18(23)24-4;/h7-8,10-11,16H,5-6,9,12-14H2,1-4H3,(H2,20,21,22);1H. The number of methoxy groups -OCH3 is 1. The number of benzene rings is 1. The number of carbonyl (C=O) groups is 1. The molecule has 1 atom stereocenters. The van der Waals surface area contributed by atoms with Gasteiger partial charge in [0.25, 0.3) is 0 Å². The molecule has 0 aliphatic rings. The Hall–Kier alpha value is -1.51. The largest absolute Gasteiger partial charge is 0.489 e. The van der Waals surface area contributed by atoms with Gasteiger partial charge in [0.15, 0.2) is 5.96 Å². The molecule has 0 aliphatic carbocycles. The smallest absolute Gasteiger partial charge is 0.305 e. The molecule has 148 valence electrons. The van der Waals surface area contributed by atoms with E-state index in [9.17, 15) is 4.79 Å². The molecule has 0 spiro atoms. The molecular formula is C19H32IN3O3. The summed E-state index contributed by atoms with van der Waals surface area (Å²) >= 11 is 0. The van der Waals surface area contributed by atoms with Crippen LogP contribution in [0.15, 0.2) is 29.3 Å². The second-order valence-electron chi connectivity index (χ2n) is 5.96. The summed E-state index contributed by atoms with van der Waals surface area (Å²) in [6.07, 6.45) is 3.32. The van der Waals surface area contributed by atoms with Crippen molar-refractivity contribution in [3.05, 3.63) is 29.8 Å². The highest BCUT2D eigenvalue weighted by atomic mass is 127. The first kappa shape index (κ1) is 24.5. The van der Waals surface area contributed by atoms with Gasteiger partial charge in [-0.25, -0.2) is 0 Å². The van der Waals surface area contributed by atoms with Gasteiger partial charge in [0.05, 0.1) is 13.7 Å². The Morgan fingerprint density at radius 1 is 1.19 bits per heavy atom. The third-order valence-corrected chi connectivity index (χ3v) is 3.78. The molecule has 26 heavy (non-hydrogen) atoms. The summed E-state index contributed by atoms with van der Waals surface area (Å²) in [5.74, 6) is 1.52. The lowest BCUT2D eigenvalue weighted by atomic mass is 10.2. The maximum Gasteiger partial charge on any atom is 0.305 e. The molecule has 0 fully saturated rings. The summed E-state index contributed by atoms with van der Waals surface area (Å²) in [6, 6.07) is 7.99. The fourth-order valence-electron chi connectivity index (χ4n) is 2.29. The molecule has 2 N–H and O–H groups in total. The van der Waals surface area contributed by atoms with Gasteiger partial charge in [0.2, 0.25) is 0 Å². The summed E-state index contributed by atoms with van der Waals surface area (Å²) in [4.78, 5) is 15.2. The quantitative estimate of drug-likeness (QED) is 0.178. The molecule has 0 saturated heterocycles. The zero-order valence-corrected chi connectivity index (χ0v) is 18.5. The molecule has 0 amide bonds. The number of guanidine groups is 1. The molecule has 7 heteroatoms. The first-order chi connectivity index (χ1) is 12.1. The Labute approximate surface area is 174 Å². The highest BCUT2D eigenvalue weighted by molar-refractivity contribution is 14.0. The van der Waals surface area contributed by atoms with Crippen LogP contribution < -0.4 is 15.4 Å². The molecule has 0 bridgehead atoms. The van der Waals surface area contributed by atoms with E-state index < -0.39 is 0 Å². The van der Waals surface area contributed by atoms with Crippen molar-refractivity contribution in [1.82, 2.24) is 10.6 Å². The minimum Gasteiger partial charge on any atom is -0.489 e. The van der Waals surface area contributed by atoms with Crippen molar-refractivity contribution in [2.24, 2.45) is 4.99 Å². The van der Waals surface area contributed by atoms with Gasteiger partial charge >= 0.3 is 5.97 Å². The van der Waals surface area contributed by atoms with Crippen LogP contribution in [0.2, 0.25) is 0 Å². The number of hydrogen-bond donors (Lipinski definition) is 2. The van der Waals surface area contributed by atoms with Crippen molar-refractivity contribution in [3.63, 3.8) is 0 Å². The van der Waals surface area contributed by atoms with E-state index in [1.807, 2.05) is 38.1 Å². The number of unbranched alkanes of at least 4 members (excludes halogenated alkanes) is 2. The van der Waals surface area contributed by atoms with Crippen LogP contribution in [0.1, 0.15) is 38.2 Å². The van der Waals surface area contributed by atoms with Crippen LogP contribution in [0.3, 0.4) is 0 Å². The fraction of sp³-hybridized carbons (Fsp3) is 0.579.